The highest BCUT2D eigenvalue weighted by Gasteiger charge is 2.30. The lowest BCUT2D eigenvalue weighted by Gasteiger charge is -2.34. The molecule has 2 saturated heterocycles. The highest BCUT2D eigenvalue weighted by atomic mass is 35.5. The van der Waals surface area contributed by atoms with Crippen molar-refractivity contribution in [3.05, 3.63) is 35.4 Å². The first-order valence-corrected chi connectivity index (χ1v) is 8.62. The molecule has 0 bridgehead atoms. The molecule has 3 amide bonds. The molecule has 8 heteroatoms. The van der Waals surface area contributed by atoms with Crippen molar-refractivity contribution < 1.29 is 14.4 Å². The minimum Gasteiger partial charge on any atom is -0.333 e. The van der Waals surface area contributed by atoms with Crippen LogP contribution in [0, 0.1) is 0 Å². The van der Waals surface area contributed by atoms with Gasteiger partial charge in [0, 0.05) is 31.2 Å². The molecule has 2 heterocycles. The van der Waals surface area contributed by atoms with Crippen LogP contribution in [0.5, 0.6) is 0 Å². The van der Waals surface area contributed by atoms with Gasteiger partial charge in [0.05, 0.1) is 12.3 Å². The van der Waals surface area contributed by atoms with E-state index in [4.69, 9.17) is 0 Å². The predicted octanol–water partition coefficient (Wildman–Crippen LogP) is 1.74. The van der Waals surface area contributed by atoms with Crippen molar-refractivity contribution in [2.45, 2.75) is 19.5 Å². The maximum atomic E-state index is 12.7. The Morgan fingerprint density at radius 3 is 2.83 bits per heavy atom. The summed E-state index contributed by atoms with van der Waals surface area (Å²) in [5, 5.41) is 3.04. The van der Waals surface area contributed by atoms with Crippen molar-refractivity contribution in [2.24, 2.45) is 0 Å². The zero-order valence-corrected chi connectivity index (χ0v) is 15.0. The zero-order valence-electron chi connectivity index (χ0n) is 13.4. The molecule has 2 fully saturated rings. The van der Waals surface area contributed by atoms with E-state index in [2.05, 4.69) is 5.32 Å². The number of hydrogen-bond acceptors (Lipinski definition) is 5. The number of halogens is 1. The van der Waals surface area contributed by atoms with Crippen LogP contribution in [-0.2, 0) is 11.3 Å². The van der Waals surface area contributed by atoms with Gasteiger partial charge >= 0.3 is 0 Å². The Morgan fingerprint density at radius 1 is 1.38 bits per heavy atom. The van der Waals surface area contributed by atoms with Crippen LogP contribution in [0.4, 0.5) is 4.79 Å². The summed E-state index contributed by atoms with van der Waals surface area (Å²) in [6, 6.07) is 7.34. The molecular weight excluding hydrogens is 350 g/mol. The summed E-state index contributed by atoms with van der Waals surface area (Å²) in [6.45, 7) is 4.52. The first kappa shape index (κ1) is 18.8. The summed E-state index contributed by atoms with van der Waals surface area (Å²) in [7, 11) is 0. The largest absolute Gasteiger partial charge is 0.333 e. The monoisotopic (exact) mass is 369 g/mol. The van der Waals surface area contributed by atoms with Gasteiger partial charge in [0.2, 0.25) is 5.91 Å². The number of imide groups is 1. The minimum absolute atomic E-state index is 0. The van der Waals surface area contributed by atoms with Crippen LogP contribution in [0.3, 0.4) is 0 Å². The smallest absolute Gasteiger partial charge is 0.289 e. The fourth-order valence-electron chi connectivity index (χ4n) is 2.83. The first-order valence-electron chi connectivity index (χ1n) is 7.64. The Bertz CT molecular complexity index is 639. The fraction of sp³-hybridized carbons (Fsp3) is 0.438. The van der Waals surface area contributed by atoms with Gasteiger partial charge in [-0.05, 0) is 24.6 Å². The molecule has 1 atom stereocenters. The van der Waals surface area contributed by atoms with Gasteiger partial charge in [-0.2, -0.15) is 0 Å². The molecular formula is C16H20ClN3O3S. The first-order chi connectivity index (χ1) is 11.1. The lowest BCUT2D eigenvalue weighted by Crippen LogP contribution is -2.52. The molecule has 1 aromatic carbocycles. The van der Waals surface area contributed by atoms with Crippen LogP contribution in [0.15, 0.2) is 24.3 Å². The topological polar surface area (TPSA) is 69.7 Å². The Morgan fingerprint density at radius 2 is 2.17 bits per heavy atom. The van der Waals surface area contributed by atoms with Crippen LogP contribution in [-0.4, -0.2) is 58.3 Å². The summed E-state index contributed by atoms with van der Waals surface area (Å²) in [5.41, 5.74) is 1.39. The number of carbonyl (C=O) groups excluding carboxylic acids is 3. The van der Waals surface area contributed by atoms with Crippen LogP contribution in [0.2, 0.25) is 0 Å². The molecule has 2 aliphatic rings. The van der Waals surface area contributed by atoms with Gasteiger partial charge in [-0.15, -0.1) is 12.4 Å². The van der Waals surface area contributed by atoms with Gasteiger partial charge in [0.15, 0.2) is 0 Å². The minimum atomic E-state index is -0.220. The maximum Gasteiger partial charge on any atom is 0.289 e. The molecule has 0 aromatic heterocycles. The molecule has 0 aliphatic carbocycles. The maximum absolute atomic E-state index is 12.7. The average molecular weight is 370 g/mol. The van der Waals surface area contributed by atoms with Gasteiger partial charge in [-0.3, -0.25) is 19.3 Å². The van der Waals surface area contributed by atoms with Crippen molar-refractivity contribution in [1.29, 1.82) is 0 Å². The van der Waals surface area contributed by atoms with Crippen LogP contribution in [0.1, 0.15) is 22.8 Å². The second-order valence-corrected chi connectivity index (χ2v) is 6.71. The molecule has 130 valence electrons. The molecule has 24 heavy (non-hydrogen) atoms. The van der Waals surface area contributed by atoms with Crippen LogP contribution >= 0.6 is 24.2 Å². The third-order valence-corrected chi connectivity index (χ3v) is 4.98. The number of rotatable bonds is 3. The molecule has 2 aliphatic heterocycles. The third-order valence-electron chi connectivity index (χ3n) is 4.12. The second kappa shape index (κ2) is 8.00. The predicted molar refractivity (Wildman–Crippen MR) is 95.5 cm³/mol. The molecule has 0 spiro atoms. The van der Waals surface area contributed by atoms with Gasteiger partial charge in [0.1, 0.15) is 0 Å². The van der Waals surface area contributed by atoms with E-state index < -0.39 is 0 Å². The molecule has 1 aromatic rings. The van der Waals surface area contributed by atoms with E-state index in [1.807, 2.05) is 17.9 Å². The fourth-order valence-corrected chi connectivity index (χ4v) is 3.55. The summed E-state index contributed by atoms with van der Waals surface area (Å²) >= 11 is 1.02. The molecule has 0 unspecified atom stereocenters. The highest BCUT2D eigenvalue weighted by molar-refractivity contribution is 8.14. The molecule has 3 rings (SSSR count). The standard InChI is InChI=1S/C16H19N3O3S.ClH/c1-11-8-17-5-6-18(11)15(21)13-4-2-3-12(7-13)9-19-14(20)10-23-16(19)22;/h2-4,7,11,17H,5-6,8-10H2,1H3;1H/t11-;/m0./s1. The van der Waals surface area contributed by atoms with E-state index in [9.17, 15) is 14.4 Å². The lowest BCUT2D eigenvalue weighted by atomic mass is 10.1. The summed E-state index contributed by atoms with van der Waals surface area (Å²) < 4.78 is 0. The average Bonchev–Trinajstić information content (AvgIpc) is 2.87. The van der Waals surface area contributed by atoms with Crippen LogP contribution in [0.25, 0.3) is 0 Å². The number of thioether (sulfide) groups is 1. The molecule has 6 nitrogen and oxygen atoms in total. The van der Waals surface area contributed by atoms with Crippen molar-refractivity contribution in [1.82, 2.24) is 15.1 Å². The summed E-state index contributed by atoms with van der Waals surface area (Å²) in [4.78, 5) is 39.2. The third kappa shape index (κ3) is 3.91. The Hall–Kier alpha value is -1.57. The van der Waals surface area contributed by atoms with E-state index in [0.29, 0.717) is 12.1 Å². The van der Waals surface area contributed by atoms with Crippen LogP contribution < -0.4 is 5.32 Å². The molecule has 0 saturated carbocycles. The van der Waals surface area contributed by atoms with E-state index >= 15 is 0 Å². The van der Waals surface area contributed by atoms with Crippen molar-refractivity contribution >= 4 is 41.2 Å². The van der Waals surface area contributed by atoms with Crippen molar-refractivity contribution in [3.8, 4) is 0 Å². The van der Waals surface area contributed by atoms with Gasteiger partial charge in [-0.25, -0.2) is 0 Å². The van der Waals surface area contributed by atoms with E-state index in [1.54, 1.807) is 18.2 Å². The van der Waals surface area contributed by atoms with Gasteiger partial charge in [0.25, 0.3) is 11.1 Å². The lowest BCUT2D eigenvalue weighted by molar-refractivity contribution is -0.125. The van der Waals surface area contributed by atoms with E-state index in [-0.39, 0.29) is 47.8 Å². The number of hydrogen-bond donors (Lipinski definition) is 1. The Kier molecular flexibility index (Phi) is 6.26. The highest BCUT2D eigenvalue weighted by Crippen LogP contribution is 2.22. The van der Waals surface area contributed by atoms with Gasteiger partial charge < -0.3 is 10.2 Å². The number of amides is 3. The number of carbonyl (C=O) groups is 3. The second-order valence-electron chi connectivity index (χ2n) is 5.79. The summed E-state index contributed by atoms with van der Waals surface area (Å²) in [6.07, 6.45) is 0. The number of piperazine rings is 1. The van der Waals surface area contributed by atoms with Crippen molar-refractivity contribution in [3.63, 3.8) is 0 Å². The van der Waals surface area contributed by atoms with Gasteiger partial charge in [-0.1, -0.05) is 23.9 Å². The molecule has 1 N–H and O–H groups in total. The zero-order chi connectivity index (χ0) is 16.4. The SMILES string of the molecule is C[C@H]1CNCCN1C(=O)c1cccc(CN2C(=O)CSC2=O)c1.Cl. The summed E-state index contributed by atoms with van der Waals surface area (Å²) in [5.74, 6) is 0.0252. The number of nitrogens with one attached hydrogen (secondary N) is 1. The molecule has 0 radical (unpaired) electrons. The number of nitrogens with zero attached hydrogens (tertiary/aromatic N) is 2. The Labute approximate surface area is 151 Å². The quantitative estimate of drug-likeness (QED) is 0.878. The van der Waals surface area contributed by atoms with E-state index in [1.165, 1.54) is 4.90 Å². The Balaban J connectivity index is 0.00000208. The van der Waals surface area contributed by atoms with E-state index in [0.717, 1.165) is 30.4 Å². The van der Waals surface area contributed by atoms with Crippen molar-refractivity contribution in [2.75, 3.05) is 25.4 Å². The normalized spacial score (nSPS) is 21.0. The number of benzene rings is 1.